The van der Waals surface area contributed by atoms with E-state index in [2.05, 4.69) is 20.6 Å². The standard InChI is InChI=1S/C14H15N5O2/c1-21-11-4-2-10(3-5-11)8-9-15-12-6-7-13-16-17-14(20)19(13)18-12/h2-7H,8-9H2,1H3,(H,15,18)(H,17,20). The molecule has 3 aromatic rings. The summed E-state index contributed by atoms with van der Waals surface area (Å²) in [6.45, 7) is 0.720. The van der Waals surface area contributed by atoms with Crippen molar-refractivity contribution in [3.63, 3.8) is 0 Å². The summed E-state index contributed by atoms with van der Waals surface area (Å²) in [5.41, 5.74) is 1.36. The van der Waals surface area contributed by atoms with Gasteiger partial charge in [0.15, 0.2) is 5.65 Å². The van der Waals surface area contributed by atoms with E-state index in [0.29, 0.717) is 11.5 Å². The maximum Gasteiger partial charge on any atom is 0.364 e. The van der Waals surface area contributed by atoms with Crippen molar-refractivity contribution in [3.05, 3.63) is 52.4 Å². The summed E-state index contributed by atoms with van der Waals surface area (Å²) >= 11 is 0. The van der Waals surface area contributed by atoms with Gasteiger partial charge in [-0.15, -0.1) is 5.10 Å². The predicted molar refractivity (Wildman–Crippen MR) is 78.8 cm³/mol. The van der Waals surface area contributed by atoms with Gasteiger partial charge in [0.2, 0.25) is 0 Å². The number of nitrogens with one attached hydrogen (secondary N) is 2. The third-order valence-electron chi connectivity index (χ3n) is 3.15. The summed E-state index contributed by atoms with van der Waals surface area (Å²) in [5, 5.41) is 13.5. The number of benzene rings is 1. The summed E-state index contributed by atoms with van der Waals surface area (Å²) in [6.07, 6.45) is 0.851. The molecular weight excluding hydrogens is 270 g/mol. The van der Waals surface area contributed by atoms with Gasteiger partial charge < -0.3 is 10.1 Å². The number of H-pyrrole nitrogens is 1. The van der Waals surface area contributed by atoms with Crippen LogP contribution in [0.5, 0.6) is 5.75 Å². The van der Waals surface area contributed by atoms with E-state index in [1.165, 1.54) is 10.1 Å². The van der Waals surface area contributed by atoms with Crippen molar-refractivity contribution < 1.29 is 4.74 Å². The fourth-order valence-electron chi connectivity index (χ4n) is 2.02. The van der Waals surface area contributed by atoms with Crippen LogP contribution in [-0.4, -0.2) is 33.5 Å². The summed E-state index contributed by atoms with van der Waals surface area (Å²) < 4.78 is 6.35. The molecule has 2 aromatic heterocycles. The van der Waals surface area contributed by atoms with Crippen molar-refractivity contribution in [1.29, 1.82) is 0 Å². The zero-order valence-corrected chi connectivity index (χ0v) is 11.5. The molecule has 21 heavy (non-hydrogen) atoms. The monoisotopic (exact) mass is 285 g/mol. The first-order valence-electron chi connectivity index (χ1n) is 6.57. The highest BCUT2D eigenvalue weighted by Crippen LogP contribution is 2.12. The Morgan fingerprint density at radius 1 is 1.24 bits per heavy atom. The number of aromatic nitrogens is 4. The lowest BCUT2D eigenvalue weighted by molar-refractivity contribution is 0.414. The van der Waals surface area contributed by atoms with E-state index in [0.717, 1.165) is 18.7 Å². The molecule has 0 aliphatic rings. The number of hydrogen-bond donors (Lipinski definition) is 2. The molecule has 3 rings (SSSR count). The number of anilines is 1. The normalized spacial score (nSPS) is 10.7. The second-order valence-electron chi connectivity index (χ2n) is 4.54. The van der Waals surface area contributed by atoms with Gasteiger partial charge in [0.05, 0.1) is 7.11 Å². The number of fused-ring (bicyclic) bond motifs is 1. The molecule has 0 unspecified atom stereocenters. The molecule has 0 spiro atoms. The molecule has 0 aliphatic carbocycles. The van der Waals surface area contributed by atoms with Crippen LogP contribution in [-0.2, 0) is 6.42 Å². The first-order chi connectivity index (χ1) is 10.3. The fourth-order valence-corrected chi connectivity index (χ4v) is 2.02. The Hall–Kier alpha value is -2.83. The van der Waals surface area contributed by atoms with E-state index in [4.69, 9.17) is 4.74 Å². The van der Waals surface area contributed by atoms with Crippen molar-refractivity contribution in [1.82, 2.24) is 19.8 Å². The van der Waals surface area contributed by atoms with Crippen LogP contribution in [0.2, 0.25) is 0 Å². The molecule has 0 atom stereocenters. The Morgan fingerprint density at radius 3 is 2.81 bits per heavy atom. The first-order valence-corrected chi connectivity index (χ1v) is 6.57. The predicted octanol–water partition coefficient (Wildman–Crippen LogP) is 1.08. The molecule has 7 nitrogen and oxygen atoms in total. The van der Waals surface area contributed by atoms with Crippen LogP contribution in [0.25, 0.3) is 5.65 Å². The van der Waals surface area contributed by atoms with Crippen LogP contribution in [0.1, 0.15) is 5.56 Å². The Bertz CT molecular complexity index is 791. The van der Waals surface area contributed by atoms with Gasteiger partial charge in [0, 0.05) is 6.54 Å². The Morgan fingerprint density at radius 2 is 2.05 bits per heavy atom. The van der Waals surface area contributed by atoms with Gasteiger partial charge in [-0.25, -0.2) is 9.89 Å². The second kappa shape index (κ2) is 5.66. The fraction of sp³-hybridized carbons (Fsp3) is 0.214. The molecule has 0 fully saturated rings. The highest BCUT2D eigenvalue weighted by molar-refractivity contribution is 5.43. The van der Waals surface area contributed by atoms with Crippen LogP contribution in [0, 0.1) is 0 Å². The summed E-state index contributed by atoms with van der Waals surface area (Å²) in [4.78, 5) is 11.4. The Labute approximate surface area is 120 Å². The summed E-state index contributed by atoms with van der Waals surface area (Å²) in [7, 11) is 1.65. The molecule has 0 saturated carbocycles. The topological polar surface area (TPSA) is 84.3 Å². The van der Waals surface area contributed by atoms with Crippen LogP contribution in [0.15, 0.2) is 41.2 Å². The molecule has 2 N–H and O–H groups in total. The molecule has 7 heteroatoms. The van der Waals surface area contributed by atoms with Crippen molar-refractivity contribution in [3.8, 4) is 5.75 Å². The van der Waals surface area contributed by atoms with Gasteiger partial charge in [-0.05, 0) is 36.2 Å². The van der Waals surface area contributed by atoms with Crippen molar-refractivity contribution in [2.75, 3.05) is 19.0 Å². The van der Waals surface area contributed by atoms with Crippen LogP contribution in [0.4, 0.5) is 5.82 Å². The molecule has 0 bridgehead atoms. The molecule has 0 radical (unpaired) electrons. The van der Waals surface area contributed by atoms with Crippen molar-refractivity contribution in [2.45, 2.75) is 6.42 Å². The first kappa shape index (κ1) is 13.2. The smallest absolute Gasteiger partial charge is 0.364 e. The van der Waals surface area contributed by atoms with Crippen LogP contribution < -0.4 is 15.7 Å². The van der Waals surface area contributed by atoms with Crippen LogP contribution in [0.3, 0.4) is 0 Å². The quantitative estimate of drug-likeness (QED) is 0.733. The number of methoxy groups -OCH3 is 1. The number of nitrogens with zero attached hydrogens (tertiary/aromatic N) is 3. The number of aromatic amines is 1. The maximum atomic E-state index is 11.4. The molecule has 0 aliphatic heterocycles. The van der Waals surface area contributed by atoms with E-state index in [1.54, 1.807) is 19.2 Å². The van der Waals surface area contributed by atoms with Gasteiger partial charge in [-0.1, -0.05) is 12.1 Å². The number of hydrogen-bond acceptors (Lipinski definition) is 5. The number of ether oxygens (including phenoxy) is 1. The van der Waals surface area contributed by atoms with E-state index >= 15 is 0 Å². The summed E-state index contributed by atoms with van der Waals surface area (Å²) in [6, 6.07) is 11.5. The average Bonchev–Trinajstić information content (AvgIpc) is 2.89. The van der Waals surface area contributed by atoms with E-state index in [1.807, 2.05) is 24.3 Å². The van der Waals surface area contributed by atoms with E-state index in [-0.39, 0.29) is 5.69 Å². The van der Waals surface area contributed by atoms with Gasteiger partial charge in [-0.2, -0.15) is 9.61 Å². The minimum absolute atomic E-state index is 0.344. The minimum atomic E-state index is -0.344. The van der Waals surface area contributed by atoms with Gasteiger partial charge >= 0.3 is 5.69 Å². The van der Waals surface area contributed by atoms with E-state index < -0.39 is 0 Å². The van der Waals surface area contributed by atoms with Gasteiger partial charge in [0.25, 0.3) is 0 Å². The van der Waals surface area contributed by atoms with E-state index in [9.17, 15) is 4.79 Å². The average molecular weight is 285 g/mol. The molecular formula is C14H15N5O2. The SMILES string of the molecule is COc1ccc(CCNc2ccc3n[nH]c(=O)n3n2)cc1. The Balaban J connectivity index is 1.63. The lowest BCUT2D eigenvalue weighted by Gasteiger charge is -2.06. The molecule has 108 valence electrons. The maximum absolute atomic E-state index is 11.4. The highest BCUT2D eigenvalue weighted by Gasteiger charge is 2.02. The molecule has 1 aromatic carbocycles. The lowest BCUT2D eigenvalue weighted by Crippen LogP contribution is -2.14. The highest BCUT2D eigenvalue weighted by atomic mass is 16.5. The largest absolute Gasteiger partial charge is 0.497 e. The van der Waals surface area contributed by atoms with Crippen molar-refractivity contribution >= 4 is 11.5 Å². The minimum Gasteiger partial charge on any atom is -0.497 e. The Kier molecular flexibility index (Phi) is 3.55. The zero-order valence-electron chi connectivity index (χ0n) is 11.5. The molecule has 0 saturated heterocycles. The lowest BCUT2D eigenvalue weighted by atomic mass is 10.1. The summed E-state index contributed by atoms with van der Waals surface area (Å²) in [5.74, 6) is 1.48. The van der Waals surface area contributed by atoms with Crippen LogP contribution >= 0.6 is 0 Å². The third kappa shape index (κ3) is 2.86. The van der Waals surface area contributed by atoms with Crippen molar-refractivity contribution in [2.24, 2.45) is 0 Å². The number of rotatable bonds is 5. The molecule has 2 heterocycles. The molecule has 0 amide bonds. The third-order valence-corrected chi connectivity index (χ3v) is 3.15. The second-order valence-corrected chi connectivity index (χ2v) is 4.54. The van der Waals surface area contributed by atoms with Gasteiger partial charge in [-0.3, -0.25) is 0 Å². The zero-order chi connectivity index (χ0) is 14.7. The van der Waals surface area contributed by atoms with Gasteiger partial charge in [0.1, 0.15) is 11.6 Å².